The van der Waals surface area contributed by atoms with Gasteiger partial charge in [0.15, 0.2) is 11.5 Å². The van der Waals surface area contributed by atoms with Gasteiger partial charge in [0.1, 0.15) is 13.2 Å². The number of likely N-dealkylation sites (N-methyl/N-ethyl adjacent to an activating group) is 1. The van der Waals surface area contributed by atoms with E-state index in [1.54, 1.807) is 0 Å². The van der Waals surface area contributed by atoms with E-state index in [9.17, 15) is 5.11 Å². The fraction of sp³-hybridized carbons (Fsp3) is 0.538. The van der Waals surface area contributed by atoms with Crippen LogP contribution >= 0.6 is 0 Å². The van der Waals surface area contributed by atoms with Crippen molar-refractivity contribution in [3.05, 3.63) is 18.2 Å². The second kappa shape index (κ2) is 4.45. The van der Waals surface area contributed by atoms with Crippen LogP contribution < -0.4 is 14.4 Å². The Hall–Kier alpha value is -1.42. The van der Waals surface area contributed by atoms with Gasteiger partial charge in [0.2, 0.25) is 0 Å². The van der Waals surface area contributed by atoms with Gasteiger partial charge in [-0.05, 0) is 26.0 Å². The molecule has 0 aliphatic carbocycles. The molecule has 0 spiro atoms. The number of aliphatic hydroxyl groups excluding tert-OH is 1. The molecule has 1 N–H and O–H groups in total. The van der Waals surface area contributed by atoms with Crippen molar-refractivity contribution in [3.8, 4) is 11.5 Å². The zero-order valence-electron chi connectivity index (χ0n) is 10.6. The Balaban J connectivity index is 2.28. The Labute approximate surface area is 102 Å². The van der Waals surface area contributed by atoms with Gasteiger partial charge in [0.25, 0.3) is 0 Å². The van der Waals surface area contributed by atoms with Gasteiger partial charge in [0.05, 0.1) is 12.1 Å². The molecule has 0 saturated heterocycles. The maximum Gasteiger partial charge on any atom is 0.163 e. The number of fused-ring (bicyclic) bond motifs is 1. The number of aliphatic hydroxyl groups is 1. The minimum Gasteiger partial charge on any atom is -0.486 e. The number of benzene rings is 1. The Bertz CT molecular complexity index is 404. The zero-order chi connectivity index (χ0) is 12.5. The predicted molar refractivity (Wildman–Crippen MR) is 67.0 cm³/mol. The lowest BCUT2D eigenvalue weighted by Crippen LogP contribution is -2.44. The van der Waals surface area contributed by atoms with Crippen molar-refractivity contribution in [1.29, 1.82) is 0 Å². The molecule has 1 aromatic rings. The first-order valence-corrected chi connectivity index (χ1v) is 5.79. The average Bonchev–Trinajstić information content (AvgIpc) is 2.37. The van der Waals surface area contributed by atoms with Crippen molar-refractivity contribution in [2.75, 3.05) is 31.8 Å². The molecule has 17 heavy (non-hydrogen) atoms. The molecule has 94 valence electrons. The molecule has 1 aromatic carbocycles. The molecule has 0 saturated carbocycles. The summed E-state index contributed by atoms with van der Waals surface area (Å²) < 4.78 is 11.0. The van der Waals surface area contributed by atoms with E-state index in [4.69, 9.17) is 9.47 Å². The third-order valence-corrected chi connectivity index (χ3v) is 3.21. The molecule has 1 aliphatic rings. The molecule has 0 atom stereocenters. The van der Waals surface area contributed by atoms with Crippen molar-refractivity contribution < 1.29 is 14.6 Å². The Morgan fingerprint density at radius 2 is 1.88 bits per heavy atom. The van der Waals surface area contributed by atoms with Crippen LogP contribution in [0, 0.1) is 0 Å². The largest absolute Gasteiger partial charge is 0.486 e. The van der Waals surface area contributed by atoms with Crippen LogP contribution in [0.15, 0.2) is 18.2 Å². The van der Waals surface area contributed by atoms with Gasteiger partial charge in [-0.25, -0.2) is 0 Å². The highest BCUT2D eigenvalue weighted by Crippen LogP contribution is 2.35. The number of hydrogen-bond acceptors (Lipinski definition) is 4. The molecular formula is C13H19NO3. The molecule has 0 amide bonds. The molecule has 1 aliphatic heterocycles. The van der Waals surface area contributed by atoms with Gasteiger partial charge in [-0.15, -0.1) is 0 Å². The van der Waals surface area contributed by atoms with Crippen LogP contribution in [-0.2, 0) is 0 Å². The average molecular weight is 237 g/mol. The zero-order valence-corrected chi connectivity index (χ0v) is 10.6. The van der Waals surface area contributed by atoms with Gasteiger partial charge in [0, 0.05) is 18.8 Å². The fourth-order valence-corrected chi connectivity index (χ4v) is 1.70. The molecule has 0 bridgehead atoms. The first-order valence-electron chi connectivity index (χ1n) is 5.79. The molecule has 4 nitrogen and oxygen atoms in total. The van der Waals surface area contributed by atoms with E-state index in [1.165, 1.54) is 0 Å². The molecule has 4 heteroatoms. The first kappa shape index (κ1) is 12.0. The summed E-state index contributed by atoms with van der Waals surface area (Å²) in [5.74, 6) is 1.56. The third-order valence-electron chi connectivity index (χ3n) is 3.21. The quantitative estimate of drug-likeness (QED) is 0.868. The van der Waals surface area contributed by atoms with Gasteiger partial charge in [-0.1, -0.05) is 0 Å². The number of nitrogens with zero attached hydrogens (tertiary/aromatic N) is 1. The Morgan fingerprint density at radius 1 is 1.24 bits per heavy atom. The molecule has 0 aromatic heterocycles. The van der Waals surface area contributed by atoms with Crippen LogP contribution in [0.3, 0.4) is 0 Å². The second-order valence-corrected chi connectivity index (χ2v) is 4.86. The van der Waals surface area contributed by atoms with Crippen molar-refractivity contribution in [3.63, 3.8) is 0 Å². The number of ether oxygens (including phenoxy) is 2. The minimum atomic E-state index is -0.302. The molecular weight excluding hydrogens is 218 g/mol. The molecule has 0 radical (unpaired) electrons. The van der Waals surface area contributed by atoms with E-state index < -0.39 is 0 Å². The number of anilines is 1. The molecule has 2 rings (SSSR count). The fourth-order valence-electron chi connectivity index (χ4n) is 1.70. The van der Waals surface area contributed by atoms with E-state index in [-0.39, 0.29) is 12.1 Å². The Morgan fingerprint density at radius 3 is 2.53 bits per heavy atom. The normalized spacial score (nSPS) is 14.6. The van der Waals surface area contributed by atoms with Crippen LogP contribution in [0.25, 0.3) is 0 Å². The smallest absolute Gasteiger partial charge is 0.163 e. The van der Waals surface area contributed by atoms with E-state index in [2.05, 4.69) is 0 Å². The topological polar surface area (TPSA) is 41.9 Å². The highest BCUT2D eigenvalue weighted by atomic mass is 16.6. The monoisotopic (exact) mass is 237 g/mol. The van der Waals surface area contributed by atoms with Crippen molar-refractivity contribution in [2.24, 2.45) is 0 Å². The molecule has 0 unspecified atom stereocenters. The summed E-state index contributed by atoms with van der Waals surface area (Å²) in [7, 11) is 1.96. The van der Waals surface area contributed by atoms with Crippen LogP contribution in [0.1, 0.15) is 13.8 Å². The molecule has 0 fully saturated rings. The van der Waals surface area contributed by atoms with Crippen molar-refractivity contribution >= 4 is 5.69 Å². The number of rotatable bonds is 3. The third kappa shape index (κ3) is 2.31. The lowest BCUT2D eigenvalue weighted by Gasteiger charge is -2.36. The Kier molecular flexibility index (Phi) is 3.15. The van der Waals surface area contributed by atoms with Gasteiger partial charge in [-0.2, -0.15) is 0 Å². The minimum absolute atomic E-state index is 0.0952. The van der Waals surface area contributed by atoms with E-state index >= 15 is 0 Å². The summed E-state index contributed by atoms with van der Waals surface area (Å²) in [5, 5.41) is 9.37. The van der Waals surface area contributed by atoms with E-state index in [0.717, 1.165) is 17.2 Å². The van der Waals surface area contributed by atoms with E-state index in [1.807, 2.05) is 44.0 Å². The lowest BCUT2D eigenvalue weighted by molar-refractivity contribution is 0.171. The maximum absolute atomic E-state index is 9.37. The van der Waals surface area contributed by atoms with E-state index in [0.29, 0.717) is 13.2 Å². The standard InChI is InChI=1S/C13H19NO3/c1-13(2,9-15)14(3)10-4-5-11-12(8-10)17-7-6-16-11/h4-5,8,15H,6-7,9H2,1-3H3. The summed E-state index contributed by atoms with van der Waals surface area (Å²) in [6.07, 6.45) is 0. The van der Waals surface area contributed by atoms with Crippen LogP contribution in [0.2, 0.25) is 0 Å². The first-order chi connectivity index (χ1) is 8.04. The highest BCUT2D eigenvalue weighted by molar-refractivity contribution is 5.57. The van der Waals surface area contributed by atoms with Crippen molar-refractivity contribution in [2.45, 2.75) is 19.4 Å². The van der Waals surface area contributed by atoms with Gasteiger partial charge >= 0.3 is 0 Å². The summed E-state index contributed by atoms with van der Waals surface area (Å²) >= 11 is 0. The summed E-state index contributed by atoms with van der Waals surface area (Å²) in [6, 6.07) is 5.84. The summed E-state index contributed by atoms with van der Waals surface area (Å²) in [5.41, 5.74) is 0.706. The summed E-state index contributed by atoms with van der Waals surface area (Å²) in [4.78, 5) is 2.03. The van der Waals surface area contributed by atoms with Crippen LogP contribution in [0.4, 0.5) is 5.69 Å². The second-order valence-electron chi connectivity index (χ2n) is 4.86. The highest BCUT2D eigenvalue weighted by Gasteiger charge is 2.24. The van der Waals surface area contributed by atoms with Crippen molar-refractivity contribution in [1.82, 2.24) is 0 Å². The maximum atomic E-state index is 9.37. The molecule has 1 heterocycles. The SMILES string of the molecule is CN(c1ccc2c(c1)OCCO2)C(C)(C)CO. The van der Waals surface area contributed by atoms with Gasteiger partial charge < -0.3 is 19.5 Å². The number of hydrogen-bond donors (Lipinski definition) is 1. The predicted octanol–water partition coefficient (Wildman–Crippen LogP) is 1.66. The lowest BCUT2D eigenvalue weighted by atomic mass is 10.0. The van der Waals surface area contributed by atoms with Gasteiger partial charge in [-0.3, -0.25) is 0 Å². The summed E-state index contributed by atoms with van der Waals surface area (Å²) in [6.45, 7) is 5.26. The van der Waals surface area contributed by atoms with Crippen LogP contribution in [0.5, 0.6) is 11.5 Å². The van der Waals surface area contributed by atoms with Crippen LogP contribution in [-0.4, -0.2) is 37.5 Å².